The molecule has 0 fully saturated rings. The van der Waals surface area contributed by atoms with E-state index in [1.807, 2.05) is 30.3 Å². The number of hydrogen-bond acceptors (Lipinski definition) is 3. The van der Waals surface area contributed by atoms with E-state index in [0.29, 0.717) is 6.61 Å². The van der Waals surface area contributed by atoms with Gasteiger partial charge in [0.2, 0.25) is 0 Å². The Labute approximate surface area is 121 Å². The second-order valence-corrected chi connectivity index (χ2v) is 4.34. The van der Waals surface area contributed by atoms with E-state index in [-0.39, 0.29) is 22.9 Å². The molecule has 0 aliphatic rings. The summed E-state index contributed by atoms with van der Waals surface area (Å²) < 4.78 is 10.9. The SMILES string of the molecule is O=C(O)c1cccc(Cl)c1OCCOc1ccccc1. The third-order valence-corrected chi connectivity index (χ3v) is 2.84. The molecule has 1 N–H and O–H groups in total. The van der Waals surface area contributed by atoms with Gasteiger partial charge >= 0.3 is 5.97 Å². The molecule has 0 atom stereocenters. The van der Waals surface area contributed by atoms with Gasteiger partial charge in [0.25, 0.3) is 0 Å². The van der Waals surface area contributed by atoms with Gasteiger partial charge in [0.05, 0.1) is 5.02 Å². The highest BCUT2D eigenvalue weighted by atomic mass is 35.5. The molecular formula is C15H13ClO4. The topological polar surface area (TPSA) is 55.8 Å². The van der Waals surface area contributed by atoms with Crippen LogP contribution in [0.5, 0.6) is 11.5 Å². The maximum Gasteiger partial charge on any atom is 0.339 e. The number of carbonyl (C=O) groups is 1. The van der Waals surface area contributed by atoms with Crippen molar-refractivity contribution in [1.82, 2.24) is 0 Å². The Morgan fingerprint density at radius 2 is 1.70 bits per heavy atom. The third-order valence-electron chi connectivity index (χ3n) is 2.54. The minimum Gasteiger partial charge on any atom is -0.490 e. The van der Waals surface area contributed by atoms with E-state index in [1.54, 1.807) is 12.1 Å². The van der Waals surface area contributed by atoms with Gasteiger partial charge in [-0.15, -0.1) is 0 Å². The second-order valence-electron chi connectivity index (χ2n) is 3.93. The van der Waals surface area contributed by atoms with Crippen LogP contribution in [-0.2, 0) is 0 Å². The third kappa shape index (κ3) is 3.65. The number of para-hydroxylation sites is 2. The van der Waals surface area contributed by atoms with E-state index in [2.05, 4.69) is 0 Å². The number of rotatable bonds is 6. The van der Waals surface area contributed by atoms with Crippen LogP contribution >= 0.6 is 11.6 Å². The lowest BCUT2D eigenvalue weighted by Gasteiger charge is -2.11. The molecule has 0 unspecified atom stereocenters. The van der Waals surface area contributed by atoms with Crippen LogP contribution in [0.25, 0.3) is 0 Å². The van der Waals surface area contributed by atoms with Crippen LogP contribution in [0.4, 0.5) is 0 Å². The minimum absolute atomic E-state index is 0.0391. The summed E-state index contributed by atoms with van der Waals surface area (Å²) in [5.74, 6) is -0.182. The van der Waals surface area contributed by atoms with Crippen molar-refractivity contribution in [2.75, 3.05) is 13.2 Å². The summed E-state index contributed by atoms with van der Waals surface area (Å²) >= 11 is 5.94. The summed E-state index contributed by atoms with van der Waals surface area (Å²) in [6.45, 7) is 0.507. The van der Waals surface area contributed by atoms with E-state index < -0.39 is 5.97 Å². The first-order valence-corrected chi connectivity index (χ1v) is 6.38. The average Bonchev–Trinajstić information content (AvgIpc) is 2.45. The normalized spacial score (nSPS) is 10.1. The van der Waals surface area contributed by atoms with E-state index in [4.69, 9.17) is 26.2 Å². The first kappa shape index (κ1) is 14.2. The lowest BCUT2D eigenvalue weighted by molar-refractivity contribution is 0.0691. The van der Waals surface area contributed by atoms with Gasteiger partial charge in [-0.1, -0.05) is 35.9 Å². The van der Waals surface area contributed by atoms with E-state index in [9.17, 15) is 4.79 Å². The molecule has 0 spiro atoms. The molecule has 2 aromatic rings. The van der Waals surface area contributed by atoms with Crippen molar-refractivity contribution in [2.45, 2.75) is 0 Å². The Bertz CT molecular complexity index is 584. The molecule has 0 radical (unpaired) electrons. The van der Waals surface area contributed by atoms with Gasteiger partial charge in [0, 0.05) is 0 Å². The van der Waals surface area contributed by atoms with Crippen LogP contribution in [0.1, 0.15) is 10.4 Å². The second kappa shape index (κ2) is 6.82. The van der Waals surface area contributed by atoms with Gasteiger partial charge in [-0.3, -0.25) is 0 Å². The predicted molar refractivity (Wildman–Crippen MR) is 75.8 cm³/mol. The number of carboxylic acids is 1. The average molecular weight is 293 g/mol. The summed E-state index contributed by atoms with van der Waals surface area (Å²) in [6.07, 6.45) is 0. The predicted octanol–water partition coefficient (Wildman–Crippen LogP) is 3.50. The summed E-state index contributed by atoms with van der Waals surface area (Å²) in [4.78, 5) is 11.1. The summed E-state index contributed by atoms with van der Waals surface area (Å²) in [6, 6.07) is 13.9. The molecule has 4 nitrogen and oxygen atoms in total. The summed E-state index contributed by atoms with van der Waals surface area (Å²) in [7, 11) is 0. The van der Waals surface area contributed by atoms with Gasteiger partial charge in [0.15, 0.2) is 5.75 Å². The molecule has 5 heteroatoms. The van der Waals surface area contributed by atoms with Crippen LogP contribution in [0, 0.1) is 0 Å². The molecule has 104 valence electrons. The Kier molecular flexibility index (Phi) is 4.85. The Hall–Kier alpha value is -2.20. The highest BCUT2D eigenvalue weighted by molar-refractivity contribution is 6.32. The van der Waals surface area contributed by atoms with Gasteiger partial charge in [-0.05, 0) is 24.3 Å². The minimum atomic E-state index is -1.08. The van der Waals surface area contributed by atoms with Crippen molar-refractivity contribution in [3.05, 3.63) is 59.1 Å². The highest BCUT2D eigenvalue weighted by Gasteiger charge is 2.14. The maximum absolute atomic E-state index is 11.1. The monoisotopic (exact) mass is 292 g/mol. The number of halogens is 1. The lowest BCUT2D eigenvalue weighted by Crippen LogP contribution is -2.11. The fourth-order valence-electron chi connectivity index (χ4n) is 1.64. The zero-order valence-electron chi connectivity index (χ0n) is 10.6. The molecule has 2 aromatic carbocycles. The zero-order valence-corrected chi connectivity index (χ0v) is 11.3. The van der Waals surface area contributed by atoms with Gasteiger partial charge in [-0.25, -0.2) is 4.79 Å². The van der Waals surface area contributed by atoms with Crippen LogP contribution in [0.3, 0.4) is 0 Å². The van der Waals surface area contributed by atoms with Crippen molar-refractivity contribution in [2.24, 2.45) is 0 Å². The zero-order chi connectivity index (χ0) is 14.4. The fourth-order valence-corrected chi connectivity index (χ4v) is 1.87. The first-order chi connectivity index (χ1) is 9.68. The highest BCUT2D eigenvalue weighted by Crippen LogP contribution is 2.28. The van der Waals surface area contributed by atoms with Crippen LogP contribution in [0.2, 0.25) is 5.02 Å². The molecular weight excluding hydrogens is 280 g/mol. The van der Waals surface area contributed by atoms with Crippen molar-refractivity contribution < 1.29 is 19.4 Å². The first-order valence-electron chi connectivity index (χ1n) is 6.01. The molecule has 0 aliphatic carbocycles. The van der Waals surface area contributed by atoms with Crippen LogP contribution in [-0.4, -0.2) is 24.3 Å². The van der Waals surface area contributed by atoms with Gasteiger partial charge < -0.3 is 14.6 Å². The number of carboxylic acid groups (broad SMARTS) is 1. The molecule has 0 saturated carbocycles. The fraction of sp³-hybridized carbons (Fsp3) is 0.133. The van der Waals surface area contributed by atoms with Crippen LogP contribution < -0.4 is 9.47 Å². The molecule has 0 aromatic heterocycles. The van der Waals surface area contributed by atoms with Crippen molar-refractivity contribution in [1.29, 1.82) is 0 Å². The Morgan fingerprint density at radius 1 is 1.00 bits per heavy atom. The smallest absolute Gasteiger partial charge is 0.339 e. The molecule has 0 amide bonds. The van der Waals surface area contributed by atoms with Crippen molar-refractivity contribution in [3.63, 3.8) is 0 Å². The Balaban J connectivity index is 1.93. The standard InChI is InChI=1S/C15H13ClO4/c16-13-8-4-7-12(15(17)18)14(13)20-10-9-19-11-5-2-1-3-6-11/h1-8H,9-10H2,(H,17,18). The molecule has 0 bridgehead atoms. The molecule has 0 saturated heterocycles. The number of benzene rings is 2. The summed E-state index contributed by atoms with van der Waals surface area (Å²) in [5, 5.41) is 9.32. The molecule has 2 rings (SSSR count). The molecule has 20 heavy (non-hydrogen) atoms. The summed E-state index contributed by atoms with van der Waals surface area (Å²) in [5.41, 5.74) is 0.0391. The molecule has 0 aliphatic heterocycles. The largest absolute Gasteiger partial charge is 0.490 e. The van der Waals surface area contributed by atoms with E-state index in [0.717, 1.165) is 5.75 Å². The number of ether oxygens (including phenoxy) is 2. The Morgan fingerprint density at radius 3 is 2.40 bits per heavy atom. The van der Waals surface area contributed by atoms with Crippen molar-refractivity contribution >= 4 is 17.6 Å². The number of hydrogen-bond donors (Lipinski definition) is 1. The molecule has 0 heterocycles. The van der Waals surface area contributed by atoms with E-state index >= 15 is 0 Å². The number of aromatic carboxylic acids is 1. The quantitative estimate of drug-likeness (QED) is 0.828. The lowest BCUT2D eigenvalue weighted by atomic mass is 10.2. The maximum atomic E-state index is 11.1. The van der Waals surface area contributed by atoms with Gasteiger partial charge in [0.1, 0.15) is 24.5 Å². The van der Waals surface area contributed by atoms with Gasteiger partial charge in [-0.2, -0.15) is 0 Å². The van der Waals surface area contributed by atoms with E-state index in [1.165, 1.54) is 6.07 Å². The van der Waals surface area contributed by atoms with Crippen molar-refractivity contribution in [3.8, 4) is 11.5 Å². The van der Waals surface area contributed by atoms with Crippen LogP contribution in [0.15, 0.2) is 48.5 Å².